The number of rotatable bonds is 1. The third-order valence-corrected chi connectivity index (χ3v) is 3.41. The van der Waals surface area contributed by atoms with Gasteiger partial charge in [0.25, 0.3) is 0 Å². The zero-order valence-corrected chi connectivity index (χ0v) is 9.17. The van der Waals surface area contributed by atoms with Gasteiger partial charge in [-0.2, -0.15) is 5.10 Å². The van der Waals surface area contributed by atoms with E-state index in [-0.39, 0.29) is 0 Å². The Hall–Kier alpha value is -0.540. The van der Waals surface area contributed by atoms with Crippen LogP contribution >= 0.6 is 11.6 Å². The fourth-order valence-electron chi connectivity index (χ4n) is 2.11. The summed E-state index contributed by atoms with van der Waals surface area (Å²) < 4.78 is 1.93. The van der Waals surface area contributed by atoms with Crippen LogP contribution < -0.4 is 5.73 Å². The van der Waals surface area contributed by atoms with Gasteiger partial charge in [0.2, 0.25) is 0 Å². The van der Waals surface area contributed by atoms with Crippen molar-refractivity contribution >= 4 is 11.6 Å². The van der Waals surface area contributed by atoms with Crippen LogP contribution in [0.5, 0.6) is 0 Å². The lowest BCUT2D eigenvalue weighted by atomic mass is 9.92. The maximum absolute atomic E-state index is 6.15. The lowest BCUT2D eigenvalue weighted by molar-refractivity contribution is 0.301. The van der Waals surface area contributed by atoms with Crippen LogP contribution in [0.2, 0.25) is 5.15 Å². The molecule has 0 saturated heterocycles. The highest BCUT2D eigenvalue weighted by atomic mass is 35.5. The van der Waals surface area contributed by atoms with E-state index in [0.29, 0.717) is 12.1 Å². The molecule has 1 aromatic heterocycles. The molecule has 1 saturated carbocycles. The summed E-state index contributed by atoms with van der Waals surface area (Å²) in [6, 6.07) is 0.717. The smallest absolute Gasteiger partial charge is 0.130 e. The summed E-state index contributed by atoms with van der Waals surface area (Å²) in [4.78, 5) is 0. The summed E-state index contributed by atoms with van der Waals surface area (Å²) in [6.45, 7) is 1.98. The van der Waals surface area contributed by atoms with Crippen molar-refractivity contribution in [1.29, 1.82) is 0 Å². The van der Waals surface area contributed by atoms with Crippen LogP contribution in [-0.4, -0.2) is 15.8 Å². The van der Waals surface area contributed by atoms with Crippen LogP contribution in [-0.2, 0) is 0 Å². The zero-order valence-electron chi connectivity index (χ0n) is 8.41. The highest BCUT2D eigenvalue weighted by Crippen LogP contribution is 2.30. The molecule has 4 heteroatoms. The number of halogens is 1. The molecule has 0 aliphatic heterocycles. The van der Waals surface area contributed by atoms with E-state index in [1.165, 1.54) is 6.42 Å². The molecular formula is C10H16ClN3. The van der Waals surface area contributed by atoms with Crippen molar-refractivity contribution in [2.75, 3.05) is 0 Å². The Balaban J connectivity index is 2.18. The van der Waals surface area contributed by atoms with Gasteiger partial charge < -0.3 is 5.73 Å². The lowest BCUT2D eigenvalue weighted by Crippen LogP contribution is -2.29. The fraction of sp³-hybridized carbons (Fsp3) is 0.700. The van der Waals surface area contributed by atoms with Gasteiger partial charge in [-0.15, -0.1) is 0 Å². The first kappa shape index (κ1) is 9.99. The van der Waals surface area contributed by atoms with Crippen LogP contribution in [0.25, 0.3) is 0 Å². The largest absolute Gasteiger partial charge is 0.328 e. The Kier molecular flexibility index (Phi) is 2.79. The normalized spacial score (nSPS) is 27.9. The number of aromatic nitrogens is 2. The summed E-state index contributed by atoms with van der Waals surface area (Å²) in [6.07, 6.45) is 6.29. The van der Waals surface area contributed by atoms with Gasteiger partial charge in [-0.25, -0.2) is 0 Å². The van der Waals surface area contributed by atoms with E-state index in [2.05, 4.69) is 5.10 Å². The Bertz CT molecular complexity index is 321. The molecule has 1 aliphatic rings. The second-order valence-corrected chi connectivity index (χ2v) is 4.50. The Labute approximate surface area is 89.2 Å². The topological polar surface area (TPSA) is 43.8 Å². The molecule has 2 rings (SSSR count). The molecule has 1 aliphatic carbocycles. The van der Waals surface area contributed by atoms with E-state index in [0.717, 1.165) is 30.0 Å². The molecule has 2 atom stereocenters. The van der Waals surface area contributed by atoms with Gasteiger partial charge in [0.1, 0.15) is 5.15 Å². The Morgan fingerprint density at radius 2 is 2.36 bits per heavy atom. The maximum Gasteiger partial charge on any atom is 0.130 e. The number of nitrogens with two attached hydrogens (primary N) is 1. The number of nitrogens with zero attached hydrogens (tertiary/aromatic N) is 2. The predicted octanol–water partition coefficient (Wildman–Crippen LogP) is 2.29. The molecule has 0 bridgehead atoms. The van der Waals surface area contributed by atoms with Gasteiger partial charge >= 0.3 is 0 Å². The highest BCUT2D eigenvalue weighted by Gasteiger charge is 2.23. The van der Waals surface area contributed by atoms with Crippen molar-refractivity contribution in [3.63, 3.8) is 0 Å². The van der Waals surface area contributed by atoms with Crippen LogP contribution in [0.15, 0.2) is 6.20 Å². The quantitative estimate of drug-likeness (QED) is 0.778. The number of aryl methyl sites for hydroxylation is 1. The molecule has 0 amide bonds. The molecule has 78 valence electrons. The molecule has 1 heterocycles. The van der Waals surface area contributed by atoms with Crippen molar-refractivity contribution < 1.29 is 0 Å². The van der Waals surface area contributed by atoms with E-state index in [1.807, 2.05) is 17.8 Å². The van der Waals surface area contributed by atoms with Gasteiger partial charge in [-0.05, 0) is 32.6 Å². The SMILES string of the molecule is Cc1cnn(C2CCCC(N)C2)c1Cl. The molecule has 1 fully saturated rings. The van der Waals surface area contributed by atoms with Crippen molar-refractivity contribution in [2.24, 2.45) is 5.73 Å². The third-order valence-electron chi connectivity index (χ3n) is 2.94. The van der Waals surface area contributed by atoms with E-state index < -0.39 is 0 Å². The molecule has 2 unspecified atom stereocenters. The average Bonchev–Trinajstić information content (AvgIpc) is 2.48. The monoisotopic (exact) mass is 213 g/mol. The minimum absolute atomic E-state index is 0.314. The van der Waals surface area contributed by atoms with Crippen LogP contribution in [0.3, 0.4) is 0 Å². The maximum atomic E-state index is 6.15. The first-order chi connectivity index (χ1) is 6.68. The highest BCUT2D eigenvalue weighted by molar-refractivity contribution is 6.30. The third kappa shape index (κ3) is 1.79. The second kappa shape index (κ2) is 3.91. The molecule has 2 N–H and O–H groups in total. The minimum atomic E-state index is 0.314. The molecule has 1 aromatic rings. The van der Waals surface area contributed by atoms with Crippen molar-refractivity contribution in [3.05, 3.63) is 16.9 Å². The van der Waals surface area contributed by atoms with Crippen molar-refractivity contribution in [1.82, 2.24) is 9.78 Å². The molecule has 0 spiro atoms. The molecular weight excluding hydrogens is 198 g/mol. The van der Waals surface area contributed by atoms with Crippen molar-refractivity contribution in [2.45, 2.75) is 44.7 Å². The van der Waals surface area contributed by atoms with Gasteiger partial charge in [-0.3, -0.25) is 4.68 Å². The standard InChI is InChI=1S/C10H16ClN3/c1-7-6-13-14(10(7)11)9-4-2-3-8(12)5-9/h6,8-9H,2-5,12H2,1H3. The Morgan fingerprint density at radius 3 is 2.93 bits per heavy atom. The summed E-state index contributed by atoms with van der Waals surface area (Å²) in [7, 11) is 0. The fourth-order valence-corrected chi connectivity index (χ4v) is 2.34. The molecule has 0 radical (unpaired) electrons. The summed E-state index contributed by atoms with van der Waals surface area (Å²) in [5.74, 6) is 0. The molecule has 0 aromatic carbocycles. The van der Waals surface area contributed by atoms with Crippen LogP contribution in [0.4, 0.5) is 0 Å². The summed E-state index contributed by atoms with van der Waals surface area (Å²) in [5.41, 5.74) is 6.98. The Morgan fingerprint density at radius 1 is 1.57 bits per heavy atom. The lowest BCUT2D eigenvalue weighted by Gasteiger charge is -2.27. The van der Waals surface area contributed by atoms with E-state index in [9.17, 15) is 0 Å². The average molecular weight is 214 g/mol. The van der Waals surface area contributed by atoms with Crippen molar-refractivity contribution in [3.8, 4) is 0 Å². The first-order valence-electron chi connectivity index (χ1n) is 5.13. The predicted molar refractivity (Wildman–Crippen MR) is 57.5 cm³/mol. The van der Waals surface area contributed by atoms with Crippen LogP contribution in [0, 0.1) is 6.92 Å². The zero-order chi connectivity index (χ0) is 10.1. The van der Waals surface area contributed by atoms with Gasteiger partial charge in [0.15, 0.2) is 0 Å². The van der Waals surface area contributed by atoms with Gasteiger partial charge in [0, 0.05) is 11.6 Å². The van der Waals surface area contributed by atoms with Gasteiger partial charge in [-0.1, -0.05) is 11.6 Å². The number of hydrogen-bond donors (Lipinski definition) is 1. The molecule has 14 heavy (non-hydrogen) atoms. The summed E-state index contributed by atoms with van der Waals surface area (Å²) in [5, 5.41) is 5.07. The van der Waals surface area contributed by atoms with Gasteiger partial charge in [0.05, 0.1) is 12.2 Å². The van der Waals surface area contributed by atoms with Crippen LogP contribution in [0.1, 0.15) is 37.3 Å². The van der Waals surface area contributed by atoms with E-state index >= 15 is 0 Å². The van der Waals surface area contributed by atoms with E-state index in [1.54, 1.807) is 0 Å². The first-order valence-corrected chi connectivity index (χ1v) is 5.51. The summed E-state index contributed by atoms with van der Waals surface area (Å²) >= 11 is 6.15. The molecule has 3 nitrogen and oxygen atoms in total. The second-order valence-electron chi connectivity index (χ2n) is 4.14. The minimum Gasteiger partial charge on any atom is -0.328 e. The number of hydrogen-bond acceptors (Lipinski definition) is 2. The van der Waals surface area contributed by atoms with E-state index in [4.69, 9.17) is 17.3 Å².